The van der Waals surface area contributed by atoms with Crippen LogP contribution in [0.3, 0.4) is 0 Å². The molecule has 182 valence electrons. The number of nitrogens with one attached hydrogen (secondary N) is 1. The van der Waals surface area contributed by atoms with Crippen molar-refractivity contribution in [2.75, 3.05) is 12.4 Å². The standard InChI is InChI=1S/C23H14N8O5S/c1-36-22(33)14-8-9-29(12-14)23-27-19(26-21(32)17-6-7-18(37-17)31(34)35)16-11-25-30(20(16)28-23)15-4-2-13(10-24)3-5-15/h2-9,11-12H,1H3,(H,26,27,28,32). The van der Waals surface area contributed by atoms with E-state index in [9.17, 15) is 19.7 Å². The second-order valence-electron chi connectivity index (χ2n) is 7.47. The normalized spacial score (nSPS) is 10.7. The molecule has 4 aromatic heterocycles. The number of thiophene rings is 1. The molecule has 0 aliphatic carbocycles. The number of aromatic nitrogens is 5. The minimum absolute atomic E-state index is 0.106. The molecular weight excluding hydrogens is 500 g/mol. The number of anilines is 1. The van der Waals surface area contributed by atoms with Gasteiger partial charge in [-0.05, 0) is 36.4 Å². The van der Waals surface area contributed by atoms with Crippen LogP contribution in [0.25, 0.3) is 22.7 Å². The van der Waals surface area contributed by atoms with Gasteiger partial charge in [0.1, 0.15) is 5.82 Å². The highest BCUT2D eigenvalue weighted by atomic mass is 32.1. The molecule has 1 amide bonds. The lowest BCUT2D eigenvalue weighted by molar-refractivity contribution is -0.380. The maximum Gasteiger partial charge on any atom is 0.339 e. The Morgan fingerprint density at radius 3 is 2.62 bits per heavy atom. The first-order valence-corrected chi connectivity index (χ1v) is 11.3. The Morgan fingerprint density at radius 2 is 1.95 bits per heavy atom. The van der Waals surface area contributed by atoms with Crippen molar-refractivity contribution in [2.24, 2.45) is 0 Å². The monoisotopic (exact) mass is 514 g/mol. The summed E-state index contributed by atoms with van der Waals surface area (Å²) in [6.45, 7) is 0. The van der Waals surface area contributed by atoms with Gasteiger partial charge in [0.15, 0.2) is 5.65 Å². The van der Waals surface area contributed by atoms with Crippen molar-refractivity contribution in [1.82, 2.24) is 24.3 Å². The summed E-state index contributed by atoms with van der Waals surface area (Å²) in [7, 11) is 1.26. The Labute approximate surface area is 211 Å². The average molecular weight is 514 g/mol. The molecule has 4 heterocycles. The Hall–Kier alpha value is -5.42. The van der Waals surface area contributed by atoms with Crippen LogP contribution in [0.15, 0.2) is 61.1 Å². The molecule has 0 radical (unpaired) electrons. The number of carbonyl (C=O) groups excluding carboxylic acids is 2. The summed E-state index contributed by atoms with van der Waals surface area (Å²) in [6.07, 6.45) is 4.51. The smallest absolute Gasteiger partial charge is 0.339 e. The molecule has 0 spiro atoms. The van der Waals surface area contributed by atoms with Gasteiger partial charge in [0.2, 0.25) is 5.95 Å². The van der Waals surface area contributed by atoms with Crippen molar-refractivity contribution < 1.29 is 19.2 Å². The average Bonchev–Trinajstić information content (AvgIpc) is 3.68. The fraction of sp³-hybridized carbons (Fsp3) is 0.0435. The second-order valence-corrected chi connectivity index (χ2v) is 8.53. The highest BCUT2D eigenvalue weighted by Crippen LogP contribution is 2.28. The third-order valence-electron chi connectivity index (χ3n) is 5.23. The van der Waals surface area contributed by atoms with Crippen LogP contribution < -0.4 is 5.32 Å². The van der Waals surface area contributed by atoms with Crippen LogP contribution in [0.2, 0.25) is 0 Å². The molecule has 0 atom stereocenters. The van der Waals surface area contributed by atoms with E-state index in [1.807, 2.05) is 0 Å². The molecule has 0 fully saturated rings. The molecule has 13 nitrogen and oxygen atoms in total. The number of methoxy groups -OCH3 is 1. The molecule has 0 saturated heterocycles. The summed E-state index contributed by atoms with van der Waals surface area (Å²) in [5.74, 6) is -0.923. The number of hydrogen-bond donors (Lipinski definition) is 1. The van der Waals surface area contributed by atoms with E-state index < -0.39 is 16.8 Å². The zero-order chi connectivity index (χ0) is 26.1. The first-order valence-electron chi connectivity index (χ1n) is 10.5. The Kier molecular flexibility index (Phi) is 5.88. The number of esters is 1. The first-order chi connectivity index (χ1) is 17.9. The minimum atomic E-state index is -0.599. The summed E-state index contributed by atoms with van der Waals surface area (Å²) in [5, 5.41) is 27.4. The number of hydrogen-bond acceptors (Lipinski definition) is 10. The molecule has 0 aliphatic heterocycles. The summed E-state index contributed by atoms with van der Waals surface area (Å²) < 4.78 is 7.74. The van der Waals surface area contributed by atoms with E-state index in [1.54, 1.807) is 30.5 Å². The lowest BCUT2D eigenvalue weighted by Crippen LogP contribution is -2.14. The van der Waals surface area contributed by atoms with Crippen molar-refractivity contribution >= 4 is 45.1 Å². The van der Waals surface area contributed by atoms with Gasteiger partial charge in [0, 0.05) is 18.5 Å². The van der Waals surface area contributed by atoms with Crippen LogP contribution in [-0.4, -0.2) is 48.2 Å². The van der Waals surface area contributed by atoms with E-state index in [2.05, 4.69) is 26.5 Å². The van der Waals surface area contributed by atoms with E-state index in [0.717, 1.165) is 11.3 Å². The van der Waals surface area contributed by atoms with Crippen LogP contribution in [0, 0.1) is 21.4 Å². The quantitative estimate of drug-likeness (QED) is 0.202. The molecular formula is C23H14N8O5S. The van der Waals surface area contributed by atoms with Crippen molar-refractivity contribution in [3.05, 3.63) is 87.2 Å². The molecule has 0 bridgehead atoms. The predicted molar refractivity (Wildman–Crippen MR) is 131 cm³/mol. The summed E-state index contributed by atoms with van der Waals surface area (Å²) in [6, 6.07) is 12.8. The number of fused-ring (bicyclic) bond motifs is 1. The van der Waals surface area contributed by atoms with E-state index in [-0.39, 0.29) is 27.2 Å². The van der Waals surface area contributed by atoms with E-state index in [0.29, 0.717) is 22.3 Å². The molecule has 5 aromatic rings. The predicted octanol–water partition coefficient (Wildman–Crippen LogP) is 3.49. The lowest BCUT2D eigenvalue weighted by atomic mass is 10.2. The van der Waals surface area contributed by atoms with Gasteiger partial charge in [0.05, 0.1) is 51.4 Å². The Morgan fingerprint density at radius 1 is 1.16 bits per heavy atom. The number of carbonyl (C=O) groups is 2. The van der Waals surface area contributed by atoms with E-state index >= 15 is 0 Å². The number of rotatable bonds is 6. The van der Waals surface area contributed by atoms with Gasteiger partial charge in [-0.1, -0.05) is 11.3 Å². The fourth-order valence-electron chi connectivity index (χ4n) is 3.45. The highest BCUT2D eigenvalue weighted by Gasteiger charge is 2.20. The lowest BCUT2D eigenvalue weighted by Gasteiger charge is -2.09. The Bertz CT molecular complexity index is 1730. The van der Waals surface area contributed by atoms with Gasteiger partial charge in [-0.25, -0.2) is 9.48 Å². The van der Waals surface area contributed by atoms with Crippen molar-refractivity contribution in [3.63, 3.8) is 0 Å². The fourth-order valence-corrected chi connectivity index (χ4v) is 4.17. The minimum Gasteiger partial charge on any atom is -0.465 e. The SMILES string of the molecule is COC(=O)c1ccn(-c2nc(NC(=O)c3ccc([N+](=O)[O-])s3)c3cnn(-c4ccc(C#N)cc4)c3n2)c1. The van der Waals surface area contributed by atoms with Gasteiger partial charge in [-0.3, -0.25) is 19.5 Å². The molecule has 14 heteroatoms. The summed E-state index contributed by atoms with van der Waals surface area (Å²) in [4.78, 5) is 44.4. The van der Waals surface area contributed by atoms with Crippen LogP contribution in [0.1, 0.15) is 25.6 Å². The van der Waals surface area contributed by atoms with Crippen LogP contribution >= 0.6 is 11.3 Å². The highest BCUT2D eigenvalue weighted by molar-refractivity contribution is 7.17. The van der Waals surface area contributed by atoms with Gasteiger partial charge in [0.25, 0.3) is 5.91 Å². The third-order valence-corrected chi connectivity index (χ3v) is 6.27. The van der Waals surface area contributed by atoms with Crippen LogP contribution in [-0.2, 0) is 4.74 Å². The topological polar surface area (TPSA) is 171 Å². The number of benzene rings is 1. The number of ether oxygens (including phenoxy) is 1. The van der Waals surface area contributed by atoms with Crippen LogP contribution in [0.5, 0.6) is 0 Å². The number of nitriles is 1. The second kappa shape index (κ2) is 9.32. The van der Waals surface area contributed by atoms with Crippen molar-refractivity contribution in [3.8, 4) is 17.7 Å². The first kappa shape index (κ1) is 23.3. The number of nitrogens with zero attached hydrogens (tertiary/aromatic N) is 7. The van der Waals surface area contributed by atoms with Gasteiger partial charge >= 0.3 is 11.0 Å². The summed E-state index contributed by atoms with van der Waals surface area (Å²) >= 11 is 0.731. The van der Waals surface area contributed by atoms with Gasteiger partial charge in [-0.2, -0.15) is 20.3 Å². The molecule has 1 N–H and O–H groups in total. The van der Waals surface area contributed by atoms with Gasteiger partial charge < -0.3 is 10.1 Å². The molecule has 0 unspecified atom stereocenters. The molecule has 0 saturated carbocycles. The van der Waals surface area contributed by atoms with Crippen LogP contribution in [0.4, 0.5) is 10.8 Å². The maximum absolute atomic E-state index is 12.9. The number of amides is 1. The zero-order valence-electron chi connectivity index (χ0n) is 18.9. The molecule has 5 rings (SSSR count). The Balaban J connectivity index is 1.62. The molecule has 0 aliphatic rings. The van der Waals surface area contributed by atoms with Gasteiger partial charge in [-0.15, -0.1) is 0 Å². The molecule has 1 aromatic carbocycles. The van der Waals surface area contributed by atoms with Crippen molar-refractivity contribution in [1.29, 1.82) is 5.26 Å². The molecule has 37 heavy (non-hydrogen) atoms. The third kappa shape index (κ3) is 4.37. The van der Waals surface area contributed by atoms with Crippen molar-refractivity contribution in [2.45, 2.75) is 0 Å². The summed E-state index contributed by atoms with van der Waals surface area (Å²) in [5.41, 5.74) is 1.67. The van der Waals surface area contributed by atoms with E-state index in [4.69, 9.17) is 10.00 Å². The number of nitro groups is 1. The largest absolute Gasteiger partial charge is 0.465 e. The zero-order valence-corrected chi connectivity index (χ0v) is 19.7. The maximum atomic E-state index is 12.9. The van der Waals surface area contributed by atoms with E-state index in [1.165, 1.54) is 47.0 Å².